The Morgan fingerprint density at radius 2 is 2.09 bits per heavy atom. The van der Waals surface area contributed by atoms with Crippen LogP contribution in [0.4, 0.5) is 10.1 Å². The second-order valence-electron chi connectivity index (χ2n) is 5.63. The molecule has 0 aliphatic heterocycles. The van der Waals surface area contributed by atoms with Crippen molar-refractivity contribution in [1.82, 2.24) is 4.90 Å². The van der Waals surface area contributed by atoms with Gasteiger partial charge in [-0.1, -0.05) is 13.8 Å². The highest BCUT2D eigenvalue weighted by atomic mass is 19.1. The van der Waals surface area contributed by atoms with Gasteiger partial charge in [0.2, 0.25) is 5.91 Å². The maximum absolute atomic E-state index is 14.1. The van der Waals surface area contributed by atoms with Gasteiger partial charge in [0.15, 0.2) is 0 Å². The first kappa shape index (κ1) is 18.6. The van der Waals surface area contributed by atoms with E-state index in [4.69, 9.17) is 5.26 Å². The highest BCUT2D eigenvalue weighted by Gasteiger charge is 2.16. The predicted molar refractivity (Wildman–Crippen MR) is 86.3 cm³/mol. The van der Waals surface area contributed by atoms with Crippen LogP contribution in [0, 0.1) is 23.1 Å². The largest absolute Gasteiger partial charge is 0.338 e. The summed E-state index contributed by atoms with van der Waals surface area (Å²) in [6.07, 6.45) is 0.531. The lowest BCUT2D eigenvalue weighted by molar-refractivity contribution is -0.116. The Labute approximate surface area is 136 Å². The van der Waals surface area contributed by atoms with E-state index in [9.17, 15) is 14.0 Å². The highest BCUT2D eigenvalue weighted by molar-refractivity contribution is 5.96. The smallest absolute Gasteiger partial charge is 0.253 e. The van der Waals surface area contributed by atoms with Gasteiger partial charge in [-0.15, -0.1) is 0 Å². The molecule has 23 heavy (non-hydrogen) atoms. The van der Waals surface area contributed by atoms with E-state index < -0.39 is 5.82 Å². The van der Waals surface area contributed by atoms with Crippen molar-refractivity contribution in [3.05, 3.63) is 29.6 Å². The first-order valence-corrected chi connectivity index (χ1v) is 7.64. The minimum absolute atomic E-state index is 0.0623. The van der Waals surface area contributed by atoms with Crippen LogP contribution in [0.25, 0.3) is 0 Å². The van der Waals surface area contributed by atoms with Crippen LogP contribution in [0.3, 0.4) is 0 Å². The molecule has 0 unspecified atom stereocenters. The van der Waals surface area contributed by atoms with Crippen LogP contribution < -0.4 is 5.32 Å². The van der Waals surface area contributed by atoms with Crippen molar-refractivity contribution >= 4 is 17.5 Å². The van der Waals surface area contributed by atoms with Crippen LogP contribution in [-0.2, 0) is 4.79 Å². The summed E-state index contributed by atoms with van der Waals surface area (Å²) in [6, 6.07) is 5.96. The van der Waals surface area contributed by atoms with Crippen molar-refractivity contribution in [3.8, 4) is 6.07 Å². The van der Waals surface area contributed by atoms with Gasteiger partial charge in [-0.2, -0.15) is 5.26 Å². The molecule has 0 atom stereocenters. The number of hydrogen-bond acceptors (Lipinski definition) is 3. The van der Waals surface area contributed by atoms with Gasteiger partial charge in [0.25, 0.3) is 5.91 Å². The summed E-state index contributed by atoms with van der Waals surface area (Å²) in [7, 11) is 0. The third-order valence-corrected chi connectivity index (χ3v) is 3.25. The Balaban J connectivity index is 2.84. The van der Waals surface area contributed by atoms with Crippen LogP contribution >= 0.6 is 0 Å². The number of amides is 2. The van der Waals surface area contributed by atoms with E-state index in [1.165, 1.54) is 17.0 Å². The minimum Gasteiger partial charge on any atom is -0.338 e. The van der Waals surface area contributed by atoms with Gasteiger partial charge in [0.1, 0.15) is 5.82 Å². The molecular formula is C17H22FN3O2. The van der Waals surface area contributed by atoms with Crippen molar-refractivity contribution in [2.75, 3.05) is 18.4 Å². The summed E-state index contributed by atoms with van der Waals surface area (Å²) >= 11 is 0. The normalized spacial score (nSPS) is 10.3. The van der Waals surface area contributed by atoms with E-state index >= 15 is 0 Å². The fourth-order valence-electron chi connectivity index (χ4n) is 2.09. The predicted octanol–water partition coefficient (Wildman–Crippen LogP) is 3.19. The monoisotopic (exact) mass is 319 g/mol. The summed E-state index contributed by atoms with van der Waals surface area (Å²) < 4.78 is 14.1. The van der Waals surface area contributed by atoms with Gasteiger partial charge in [-0.3, -0.25) is 9.59 Å². The number of rotatable bonds is 7. The van der Waals surface area contributed by atoms with E-state index in [0.29, 0.717) is 19.5 Å². The molecule has 0 fully saturated rings. The van der Waals surface area contributed by atoms with Crippen molar-refractivity contribution in [2.24, 2.45) is 5.92 Å². The van der Waals surface area contributed by atoms with Crippen LogP contribution in [0.15, 0.2) is 18.2 Å². The number of halogens is 1. The Morgan fingerprint density at radius 3 is 2.61 bits per heavy atom. The topological polar surface area (TPSA) is 73.2 Å². The third kappa shape index (κ3) is 5.70. The average molecular weight is 319 g/mol. The second kappa shape index (κ2) is 8.89. The Kier molecular flexibility index (Phi) is 7.20. The fourth-order valence-corrected chi connectivity index (χ4v) is 2.09. The number of anilines is 1. The number of benzene rings is 1. The second-order valence-corrected chi connectivity index (χ2v) is 5.63. The molecule has 2 amide bonds. The molecule has 0 aromatic heterocycles. The zero-order valence-electron chi connectivity index (χ0n) is 13.7. The molecule has 124 valence electrons. The molecule has 0 aliphatic carbocycles. The molecule has 0 radical (unpaired) electrons. The molecule has 1 N–H and O–H groups in total. The highest BCUT2D eigenvalue weighted by Crippen LogP contribution is 2.18. The van der Waals surface area contributed by atoms with Crippen LogP contribution in [-0.4, -0.2) is 29.8 Å². The zero-order chi connectivity index (χ0) is 17.4. The lowest BCUT2D eigenvalue weighted by Gasteiger charge is -2.19. The van der Waals surface area contributed by atoms with Crippen molar-refractivity contribution in [1.29, 1.82) is 5.26 Å². The van der Waals surface area contributed by atoms with Crippen LogP contribution in [0.2, 0.25) is 0 Å². The summed E-state index contributed by atoms with van der Waals surface area (Å²) in [5, 5.41) is 11.1. The Bertz CT molecular complexity index is 608. The molecular weight excluding hydrogens is 297 g/mol. The van der Waals surface area contributed by atoms with Crippen molar-refractivity contribution in [2.45, 2.75) is 33.6 Å². The standard InChI is InChI=1S/C17H22FN3O2/c1-4-21(9-5-8-19)17(23)13-6-7-15(14(18)11-13)20-16(22)10-12(2)3/h6-7,11-12H,4-5,9-10H2,1-3H3,(H,20,22). The maximum atomic E-state index is 14.1. The molecule has 0 saturated heterocycles. The molecule has 6 heteroatoms. The van der Waals surface area contributed by atoms with Gasteiger partial charge in [0, 0.05) is 25.1 Å². The van der Waals surface area contributed by atoms with E-state index in [2.05, 4.69) is 5.32 Å². The summed E-state index contributed by atoms with van der Waals surface area (Å²) in [5.74, 6) is -1.06. The van der Waals surface area contributed by atoms with Crippen molar-refractivity contribution < 1.29 is 14.0 Å². The number of nitriles is 1. The molecule has 0 aliphatic rings. The third-order valence-electron chi connectivity index (χ3n) is 3.25. The van der Waals surface area contributed by atoms with Gasteiger partial charge in [-0.05, 0) is 31.0 Å². The summed E-state index contributed by atoms with van der Waals surface area (Å²) in [5.41, 5.74) is 0.261. The minimum atomic E-state index is -0.649. The van der Waals surface area contributed by atoms with Gasteiger partial charge >= 0.3 is 0 Å². The molecule has 0 spiro atoms. The quantitative estimate of drug-likeness (QED) is 0.839. The molecule has 1 rings (SSSR count). The number of nitrogens with zero attached hydrogens (tertiary/aromatic N) is 2. The Hall–Kier alpha value is -2.42. The SMILES string of the molecule is CCN(CCC#N)C(=O)c1ccc(NC(=O)CC(C)C)c(F)c1. The van der Waals surface area contributed by atoms with Gasteiger partial charge in [-0.25, -0.2) is 4.39 Å². The lowest BCUT2D eigenvalue weighted by atomic mass is 10.1. The molecule has 5 nitrogen and oxygen atoms in total. The number of carbonyl (C=O) groups excluding carboxylic acids is 2. The molecule has 0 bridgehead atoms. The fraction of sp³-hybridized carbons (Fsp3) is 0.471. The number of hydrogen-bond donors (Lipinski definition) is 1. The first-order chi connectivity index (χ1) is 10.9. The van der Waals surface area contributed by atoms with E-state index in [-0.39, 0.29) is 35.4 Å². The van der Waals surface area contributed by atoms with Gasteiger partial charge < -0.3 is 10.2 Å². The van der Waals surface area contributed by atoms with E-state index in [0.717, 1.165) is 6.07 Å². The van der Waals surface area contributed by atoms with Crippen LogP contribution in [0.5, 0.6) is 0 Å². The van der Waals surface area contributed by atoms with Gasteiger partial charge in [0.05, 0.1) is 18.2 Å². The average Bonchev–Trinajstić information content (AvgIpc) is 2.49. The number of nitrogens with one attached hydrogen (secondary N) is 1. The zero-order valence-corrected chi connectivity index (χ0v) is 13.7. The number of carbonyl (C=O) groups is 2. The summed E-state index contributed by atoms with van der Waals surface area (Å²) in [4.78, 5) is 25.4. The molecule has 1 aromatic rings. The van der Waals surface area contributed by atoms with E-state index in [1.54, 1.807) is 6.92 Å². The maximum Gasteiger partial charge on any atom is 0.253 e. The van der Waals surface area contributed by atoms with Crippen LogP contribution in [0.1, 0.15) is 44.0 Å². The summed E-state index contributed by atoms with van der Waals surface area (Å²) in [6.45, 7) is 6.35. The van der Waals surface area contributed by atoms with Crippen molar-refractivity contribution in [3.63, 3.8) is 0 Å². The Morgan fingerprint density at radius 1 is 1.39 bits per heavy atom. The lowest BCUT2D eigenvalue weighted by Crippen LogP contribution is -2.31. The van der Waals surface area contributed by atoms with E-state index in [1.807, 2.05) is 19.9 Å². The molecule has 1 aromatic carbocycles. The molecule has 0 heterocycles. The molecule has 0 saturated carbocycles. The first-order valence-electron chi connectivity index (χ1n) is 7.64.